The number of urea groups is 1. The molecule has 1 aliphatic heterocycles. The van der Waals surface area contributed by atoms with Gasteiger partial charge in [-0.25, -0.2) is 9.78 Å². The number of hydrogen-bond donors (Lipinski definition) is 0. The molecule has 3 heterocycles. The largest absolute Gasteiger partial charge is 0.326 e. The van der Waals surface area contributed by atoms with Crippen molar-refractivity contribution in [2.24, 2.45) is 0 Å². The normalized spacial score (nSPS) is 14.8. The highest BCUT2D eigenvalue weighted by molar-refractivity contribution is 5.83. The number of para-hydroxylation sites is 1. The Morgan fingerprint density at radius 3 is 2.60 bits per heavy atom. The number of benzene rings is 1. The molecular formula is C24H29N5O. The maximum Gasteiger partial charge on any atom is 0.320 e. The van der Waals surface area contributed by atoms with Gasteiger partial charge in [0.25, 0.3) is 0 Å². The van der Waals surface area contributed by atoms with Crippen molar-refractivity contribution in [1.29, 1.82) is 0 Å². The maximum absolute atomic E-state index is 12.0. The fourth-order valence-electron chi connectivity index (χ4n) is 3.96. The Kier molecular flexibility index (Phi) is 5.57. The molecule has 0 radical (unpaired) electrons. The second-order valence-corrected chi connectivity index (χ2v) is 8.13. The summed E-state index contributed by atoms with van der Waals surface area (Å²) in [5.41, 5.74) is 5.46. The number of hydrogen-bond acceptors (Lipinski definition) is 3. The predicted octanol–water partition coefficient (Wildman–Crippen LogP) is 4.61. The molecule has 0 N–H and O–H groups in total. The smallest absolute Gasteiger partial charge is 0.320 e. The monoisotopic (exact) mass is 403 g/mol. The van der Waals surface area contributed by atoms with Gasteiger partial charge >= 0.3 is 6.03 Å². The second-order valence-electron chi connectivity index (χ2n) is 8.13. The molecule has 2 amide bonds. The topological polar surface area (TPSA) is 54.3 Å². The average molecular weight is 404 g/mol. The zero-order valence-electron chi connectivity index (χ0n) is 18.2. The molecular weight excluding hydrogens is 374 g/mol. The van der Waals surface area contributed by atoms with Crippen LogP contribution in [0.4, 0.5) is 4.79 Å². The van der Waals surface area contributed by atoms with Crippen molar-refractivity contribution in [1.82, 2.24) is 24.3 Å². The molecule has 0 unspecified atom stereocenters. The molecule has 156 valence electrons. The first-order valence-corrected chi connectivity index (χ1v) is 10.6. The number of amides is 2. The SMILES string of the molecule is CCn1c(/C=C/c2ccc(CN3CCN(C)C3=O)nc2)nc2c(C(C)C)cccc21. The quantitative estimate of drug-likeness (QED) is 0.604. The van der Waals surface area contributed by atoms with Gasteiger partial charge in [-0.1, -0.05) is 32.0 Å². The Bertz CT molecular complexity index is 1080. The number of pyridine rings is 1. The summed E-state index contributed by atoms with van der Waals surface area (Å²) in [7, 11) is 1.83. The molecule has 0 aliphatic carbocycles. The summed E-state index contributed by atoms with van der Waals surface area (Å²) in [6, 6.07) is 10.5. The summed E-state index contributed by atoms with van der Waals surface area (Å²) in [4.78, 5) is 25.1. The van der Waals surface area contributed by atoms with E-state index in [-0.39, 0.29) is 6.03 Å². The molecule has 6 nitrogen and oxygen atoms in total. The highest BCUT2D eigenvalue weighted by Gasteiger charge is 2.25. The molecule has 1 fully saturated rings. The van der Waals surface area contributed by atoms with Crippen LogP contribution < -0.4 is 0 Å². The van der Waals surface area contributed by atoms with Gasteiger partial charge in [-0.3, -0.25) is 4.98 Å². The van der Waals surface area contributed by atoms with Crippen LogP contribution in [-0.4, -0.2) is 50.5 Å². The van der Waals surface area contributed by atoms with Gasteiger partial charge in [-0.15, -0.1) is 0 Å². The summed E-state index contributed by atoms with van der Waals surface area (Å²) in [6.07, 6.45) is 5.96. The van der Waals surface area contributed by atoms with Crippen LogP contribution >= 0.6 is 0 Å². The van der Waals surface area contributed by atoms with Gasteiger partial charge in [-0.05, 0) is 48.3 Å². The Morgan fingerprint density at radius 1 is 1.13 bits per heavy atom. The highest BCUT2D eigenvalue weighted by Crippen LogP contribution is 2.26. The standard InChI is InChI=1S/C24H29N5O/c1-5-29-21-8-6-7-20(17(2)3)23(21)26-22(29)12-10-18-9-11-19(25-15-18)16-28-14-13-27(4)24(28)30/h6-12,15,17H,5,13-14,16H2,1-4H3/b12-10+. The third-order valence-corrected chi connectivity index (χ3v) is 5.71. The van der Waals surface area contributed by atoms with E-state index in [1.807, 2.05) is 36.4 Å². The molecule has 30 heavy (non-hydrogen) atoms. The molecule has 0 atom stereocenters. The van der Waals surface area contributed by atoms with Crippen molar-refractivity contribution in [3.8, 4) is 0 Å². The van der Waals surface area contributed by atoms with E-state index >= 15 is 0 Å². The van der Waals surface area contributed by atoms with E-state index in [4.69, 9.17) is 4.98 Å². The molecule has 4 rings (SSSR count). The molecule has 6 heteroatoms. The molecule has 1 aliphatic rings. The second kappa shape index (κ2) is 8.30. The minimum absolute atomic E-state index is 0.0695. The lowest BCUT2D eigenvalue weighted by atomic mass is 10.0. The Balaban J connectivity index is 1.54. The molecule has 1 saturated heterocycles. The summed E-state index contributed by atoms with van der Waals surface area (Å²) in [5.74, 6) is 1.39. The molecule has 1 aromatic carbocycles. The summed E-state index contributed by atoms with van der Waals surface area (Å²) >= 11 is 0. The minimum Gasteiger partial charge on any atom is -0.326 e. The molecule has 0 bridgehead atoms. The van der Waals surface area contributed by atoms with Crippen LogP contribution in [0.25, 0.3) is 23.2 Å². The van der Waals surface area contributed by atoms with E-state index in [9.17, 15) is 4.79 Å². The Morgan fingerprint density at radius 2 is 1.97 bits per heavy atom. The van der Waals surface area contributed by atoms with E-state index in [2.05, 4.69) is 54.6 Å². The first kappa shape index (κ1) is 20.1. The lowest BCUT2D eigenvalue weighted by Gasteiger charge is -2.15. The minimum atomic E-state index is 0.0695. The van der Waals surface area contributed by atoms with E-state index in [0.717, 1.165) is 42.2 Å². The number of aryl methyl sites for hydroxylation is 1. The summed E-state index contributed by atoms with van der Waals surface area (Å²) < 4.78 is 2.25. The first-order valence-electron chi connectivity index (χ1n) is 10.6. The lowest BCUT2D eigenvalue weighted by molar-refractivity contribution is 0.196. The molecule has 3 aromatic rings. The molecule has 2 aromatic heterocycles. The molecule has 0 spiro atoms. The summed E-state index contributed by atoms with van der Waals surface area (Å²) in [5, 5.41) is 0. The van der Waals surface area contributed by atoms with Crippen LogP contribution in [0, 0.1) is 0 Å². The number of rotatable bonds is 6. The van der Waals surface area contributed by atoms with E-state index < -0.39 is 0 Å². The zero-order chi connectivity index (χ0) is 21.3. The maximum atomic E-state index is 12.0. The van der Waals surface area contributed by atoms with Crippen molar-refractivity contribution in [2.75, 3.05) is 20.1 Å². The van der Waals surface area contributed by atoms with Gasteiger partial charge < -0.3 is 14.4 Å². The fourth-order valence-corrected chi connectivity index (χ4v) is 3.96. The van der Waals surface area contributed by atoms with Gasteiger partial charge in [0, 0.05) is 32.9 Å². The van der Waals surface area contributed by atoms with E-state index in [0.29, 0.717) is 12.5 Å². The van der Waals surface area contributed by atoms with Crippen LogP contribution in [0.1, 0.15) is 49.3 Å². The number of carbonyl (C=O) groups is 1. The van der Waals surface area contributed by atoms with Gasteiger partial charge in [0.1, 0.15) is 5.82 Å². The van der Waals surface area contributed by atoms with Gasteiger partial charge in [0.2, 0.25) is 0 Å². The van der Waals surface area contributed by atoms with Crippen LogP contribution in [0.3, 0.4) is 0 Å². The van der Waals surface area contributed by atoms with Crippen LogP contribution in [0.5, 0.6) is 0 Å². The average Bonchev–Trinajstić information content (AvgIpc) is 3.27. The van der Waals surface area contributed by atoms with Crippen molar-refractivity contribution >= 4 is 29.2 Å². The highest BCUT2D eigenvalue weighted by atomic mass is 16.2. The Labute approximate surface area is 177 Å². The summed E-state index contributed by atoms with van der Waals surface area (Å²) in [6.45, 7) is 9.51. The van der Waals surface area contributed by atoms with E-state index in [1.54, 1.807) is 4.90 Å². The van der Waals surface area contributed by atoms with Gasteiger partial charge in [-0.2, -0.15) is 0 Å². The number of carbonyl (C=O) groups excluding carboxylic acids is 1. The van der Waals surface area contributed by atoms with Crippen LogP contribution in [0.15, 0.2) is 36.5 Å². The van der Waals surface area contributed by atoms with E-state index in [1.165, 1.54) is 11.1 Å². The van der Waals surface area contributed by atoms with Crippen LogP contribution in [0.2, 0.25) is 0 Å². The molecule has 0 saturated carbocycles. The fraction of sp³-hybridized carbons (Fsp3) is 0.375. The third kappa shape index (κ3) is 3.82. The van der Waals surface area contributed by atoms with Crippen LogP contribution in [-0.2, 0) is 13.1 Å². The van der Waals surface area contributed by atoms with Crippen molar-refractivity contribution in [3.63, 3.8) is 0 Å². The van der Waals surface area contributed by atoms with Crippen molar-refractivity contribution in [3.05, 3.63) is 59.2 Å². The first-order chi connectivity index (χ1) is 14.5. The van der Waals surface area contributed by atoms with Crippen molar-refractivity contribution in [2.45, 2.75) is 39.8 Å². The van der Waals surface area contributed by atoms with Gasteiger partial charge in [0.15, 0.2) is 0 Å². The lowest BCUT2D eigenvalue weighted by Crippen LogP contribution is -2.29. The Hall–Kier alpha value is -3.15. The number of fused-ring (bicyclic) bond motifs is 1. The number of likely N-dealkylation sites (N-methyl/N-ethyl adjacent to an activating group) is 1. The third-order valence-electron chi connectivity index (χ3n) is 5.71. The van der Waals surface area contributed by atoms with Gasteiger partial charge in [0.05, 0.1) is 23.3 Å². The number of aromatic nitrogens is 3. The zero-order valence-corrected chi connectivity index (χ0v) is 18.2. The van der Waals surface area contributed by atoms with Crippen molar-refractivity contribution < 1.29 is 4.79 Å². The number of nitrogens with zero attached hydrogens (tertiary/aromatic N) is 5. The predicted molar refractivity (Wildman–Crippen MR) is 121 cm³/mol. The number of imidazole rings is 1.